The largest absolute Gasteiger partial charge is 0.466 e. The van der Waals surface area contributed by atoms with Crippen molar-refractivity contribution in [1.29, 1.82) is 0 Å². The number of ether oxygens (including phenoxy) is 1. The van der Waals surface area contributed by atoms with E-state index in [4.69, 9.17) is 16.3 Å². The highest BCUT2D eigenvalue weighted by Gasteiger charge is 2.11. The van der Waals surface area contributed by atoms with Gasteiger partial charge in [0, 0.05) is 11.9 Å². The van der Waals surface area contributed by atoms with Gasteiger partial charge in [-0.2, -0.15) is 0 Å². The maximum atomic E-state index is 11.1. The summed E-state index contributed by atoms with van der Waals surface area (Å²) in [5.41, 5.74) is 2.59. The van der Waals surface area contributed by atoms with Gasteiger partial charge in [0.2, 0.25) is 0 Å². The first kappa shape index (κ1) is 17.6. The maximum absolute atomic E-state index is 11.1. The van der Waals surface area contributed by atoms with Gasteiger partial charge in [-0.1, -0.05) is 54.1 Å². The number of carbonyl (C=O) groups excluding carboxylic acids is 1. The van der Waals surface area contributed by atoms with Crippen molar-refractivity contribution in [3.63, 3.8) is 0 Å². The van der Waals surface area contributed by atoms with Crippen molar-refractivity contribution >= 4 is 17.6 Å². The van der Waals surface area contributed by atoms with E-state index < -0.39 is 0 Å². The average Bonchev–Trinajstić information content (AvgIpc) is 2.56. The molecule has 0 aromatic heterocycles. The highest BCUT2D eigenvalue weighted by atomic mass is 35.5. The predicted molar refractivity (Wildman–Crippen MR) is 94.7 cm³/mol. The van der Waals surface area contributed by atoms with E-state index in [9.17, 15) is 4.79 Å². The summed E-state index contributed by atoms with van der Waals surface area (Å²) >= 11 is 5.92. The van der Waals surface area contributed by atoms with Crippen molar-refractivity contribution in [2.45, 2.75) is 32.6 Å². The number of carbonyl (C=O) groups is 1. The second-order valence-corrected chi connectivity index (χ2v) is 6.29. The quantitative estimate of drug-likeness (QED) is 0.630. The Balaban J connectivity index is 1.87. The average molecular weight is 331 g/mol. The van der Waals surface area contributed by atoms with Crippen LogP contribution in [0.1, 0.15) is 30.9 Å². The Morgan fingerprint density at radius 1 is 0.957 bits per heavy atom. The summed E-state index contributed by atoms with van der Waals surface area (Å²) in [7, 11) is 0. The fourth-order valence-electron chi connectivity index (χ4n) is 2.58. The lowest BCUT2D eigenvalue weighted by Crippen LogP contribution is -2.14. The van der Waals surface area contributed by atoms with E-state index in [1.807, 2.05) is 18.2 Å². The molecule has 0 N–H and O–H groups in total. The lowest BCUT2D eigenvalue weighted by atomic mass is 9.94. The third-order valence-corrected chi connectivity index (χ3v) is 4.21. The number of rotatable bonds is 8. The van der Waals surface area contributed by atoms with Gasteiger partial charge in [0.05, 0.1) is 6.61 Å². The lowest BCUT2D eigenvalue weighted by Gasteiger charge is -2.17. The van der Waals surface area contributed by atoms with E-state index in [-0.39, 0.29) is 5.97 Å². The molecule has 0 amide bonds. The predicted octanol–water partition coefficient (Wildman–Crippen LogP) is 5.08. The van der Waals surface area contributed by atoms with E-state index in [2.05, 4.69) is 36.4 Å². The molecule has 1 unspecified atom stereocenters. The molecule has 23 heavy (non-hydrogen) atoms. The molecule has 0 aliphatic rings. The molecule has 0 spiro atoms. The summed E-state index contributed by atoms with van der Waals surface area (Å²) < 4.78 is 5.24. The first-order chi connectivity index (χ1) is 11.1. The number of halogens is 1. The summed E-state index contributed by atoms with van der Waals surface area (Å²) in [5.74, 6) is 0.163. The molecule has 0 heterocycles. The Morgan fingerprint density at radius 2 is 1.52 bits per heavy atom. The summed E-state index contributed by atoms with van der Waals surface area (Å²) in [4.78, 5) is 11.1. The van der Waals surface area contributed by atoms with Gasteiger partial charge in [-0.25, -0.2) is 0 Å². The zero-order chi connectivity index (χ0) is 16.5. The Hall–Kier alpha value is -1.80. The normalized spacial score (nSPS) is 11.9. The van der Waals surface area contributed by atoms with Crippen LogP contribution in [0.2, 0.25) is 5.02 Å². The molecule has 0 radical (unpaired) electrons. The summed E-state index contributed by atoms with van der Waals surface area (Å²) in [6.45, 7) is 1.96. The molecule has 0 saturated heterocycles. The fraction of sp³-hybridized carbons (Fsp3) is 0.350. The minimum Gasteiger partial charge on any atom is -0.466 e. The smallest absolute Gasteiger partial charge is 0.302 e. The molecule has 0 aliphatic carbocycles. The lowest BCUT2D eigenvalue weighted by molar-refractivity contribution is -0.142. The number of hydrogen-bond acceptors (Lipinski definition) is 2. The van der Waals surface area contributed by atoms with Crippen molar-refractivity contribution in [2.75, 3.05) is 6.61 Å². The molecule has 0 saturated carbocycles. The fourth-order valence-corrected chi connectivity index (χ4v) is 2.71. The van der Waals surface area contributed by atoms with Gasteiger partial charge in [0.25, 0.3) is 0 Å². The molecule has 0 fully saturated rings. The molecule has 2 aromatic rings. The maximum Gasteiger partial charge on any atom is 0.302 e. The molecular formula is C20H23ClO2. The summed E-state index contributed by atoms with van der Waals surface area (Å²) in [5, 5.41) is 0.759. The SMILES string of the molecule is CC(=O)OCC(CCc1ccccc1)CCc1ccc(Cl)cc1. The third-order valence-electron chi connectivity index (χ3n) is 3.96. The van der Waals surface area contributed by atoms with Gasteiger partial charge >= 0.3 is 5.97 Å². The van der Waals surface area contributed by atoms with Gasteiger partial charge in [-0.15, -0.1) is 0 Å². The monoisotopic (exact) mass is 330 g/mol. The van der Waals surface area contributed by atoms with Crippen LogP contribution < -0.4 is 0 Å². The molecule has 3 heteroatoms. The first-order valence-electron chi connectivity index (χ1n) is 8.05. The second kappa shape index (κ2) is 9.36. The van der Waals surface area contributed by atoms with Crippen molar-refractivity contribution < 1.29 is 9.53 Å². The van der Waals surface area contributed by atoms with E-state index >= 15 is 0 Å². The summed E-state index contributed by atoms with van der Waals surface area (Å²) in [6, 6.07) is 18.4. The Bertz CT molecular complexity index is 593. The highest BCUT2D eigenvalue weighted by molar-refractivity contribution is 6.30. The zero-order valence-electron chi connectivity index (χ0n) is 13.5. The minimum atomic E-state index is -0.207. The topological polar surface area (TPSA) is 26.3 Å². The van der Waals surface area contributed by atoms with Crippen LogP contribution in [-0.2, 0) is 22.4 Å². The standard InChI is InChI=1S/C20H23ClO2/c1-16(22)23-15-19(9-7-17-5-3-2-4-6-17)10-8-18-11-13-20(21)14-12-18/h2-6,11-14,19H,7-10,15H2,1H3. The number of benzene rings is 2. The van der Waals surface area contributed by atoms with E-state index in [1.165, 1.54) is 18.1 Å². The second-order valence-electron chi connectivity index (χ2n) is 5.86. The first-order valence-corrected chi connectivity index (χ1v) is 8.43. The molecule has 1 atom stereocenters. The molecular weight excluding hydrogens is 308 g/mol. The van der Waals surface area contributed by atoms with Crippen LogP contribution in [-0.4, -0.2) is 12.6 Å². The minimum absolute atomic E-state index is 0.207. The van der Waals surface area contributed by atoms with Gasteiger partial charge in [0.1, 0.15) is 0 Å². The highest BCUT2D eigenvalue weighted by Crippen LogP contribution is 2.18. The molecule has 0 bridgehead atoms. The Labute approximate surface area is 143 Å². The van der Waals surface area contributed by atoms with Crippen LogP contribution in [0.15, 0.2) is 54.6 Å². The van der Waals surface area contributed by atoms with Gasteiger partial charge in [-0.05, 0) is 54.9 Å². The van der Waals surface area contributed by atoms with Crippen molar-refractivity contribution in [3.05, 3.63) is 70.7 Å². The van der Waals surface area contributed by atoms with E-state index in [1.54, 1.807) is 0 Å². The molecule has 122 valence electrons. The van der Waals surface area contributed by atoms with E-state index in [0.29, 0.717) is 12.5 Å². The number of aryl methyl sites for hydroxylation is 2. The molecule has 0 aliphatic heterocycles. The van der Waals surface area contributed by atoms with Gasteiger partial charge in [-0.3, -0.25) is 4.79 Å². The van der Waals surface area contributed by atoms with Crippen LogP contribution in [0.3, 0.4) is 0 Å². The van der Waals surface area contributed by atoms with Crippen LogP contribution in [0.4, 0.5) is 0 Å². The van der Waals surface area contributed by atoms with Crippen LogP contribution >= 0.6 is 11.6 Å². The summed E-state index contributed by atoms with van der Waals surface area (Å²) in [6.07, 6.45) is 4.00. The number of hydrogen-bond donors (Lipinski definition) is 0. The third kappa shape index (κ3) is 6.87. The molecule has 2 aromatic carbocycles. The van der Waals surface area contributed by atoms with Crippen molar-refractivity contribution in [1.82, 2.24) is 0 Å². The van der Waals surface area contributed by atoms with Crippen molar-refractivity contribution in [3.8, 4) is 0 Å². The van der Waals surface area contributed by atoms with Crippen LogP contribution in [0.5, 0.6) is 0 Å². The molecule has 2 rings (SSSR count). The Kier molecular flexibility index (Phi) is 7.15. The van der Waals surface area contributed by atoms with Crippen LogP contribution in [0.25, 0.3) is 0 Å². The molecule has 2 nitrogen and oxygen atoms in total. The van der Waals surface area contributed by atoms with Gasteiger partial charge in [0.15, 0.2) is 0 Å². The van der Waals surface area contributed by atoms with E-state index in [0.717, 1.165) is 30.7 Å². The van der Waals surface area contributed by atoms with Gasteiger partial charge < -0.3 is 4.74 Å². The van der Waals surface area contributed by atoms with Crippen LogP contribution in [0, 0.1) is 5.92 Å². The zero-order valence-corrected chi connectivity index (χ0v) is 14.3. The number of esters is 1. The Morgan fingerprint density at radius 3 is 2.09 bits per heavy atom. The van der Waals surface area contributed by atoms with Crippen molar-refractivity contribution in [2.24, 2.45) is 5.92 Å².